The quantitative estimate of drug-likeness (QED) is 0.629. The van der Waals surface area contributed by atoms with Crippen LogP contribution in [-0.4, -0.2) is 33.5 Å². The van der Waals surface area contributed by atoms with Gasteiger partial charge in [-0.05, 0) is 25.9 Å². The van der Waals surface area contributed by atoms with Crippen LogP contribution < -0.4 is 9.96 Å². The van der Waals surface area contributed by atoms with Crippen molar-refractivity contribution < 1.29 is 4.74 Å². The molecule has 0 saturated heterocycles. The molecule has 0 amide bonds. The minimum Gasteiger partial charge on any atom is -0.379 e. The minimum absolute atomic E-state index is 0.327. The van der Waals surface area contributed by atoms with Gasteiger partial charge < -0.3 is 14.7 Å². The van der Waals surface area contributed by atoms with E-state index in [-0.39, 0.29) is 0 Å². The number of rotatable bonds is 7. The van der Waals surface area contributed by atoms with Crippen molar-refractivity contribution in [3.63, 3.8) is 0 Å². The molecular formula is C10H26N2OSi. The summed E-state index contributed by atoms with van der Waals surface area (Å²) in [7, 11) is -1.13. The molecule has 0 aromatic heterocycles. The van der Waals surface area contributed by atoms with Crippen molar-refractivity contribution in [2.75, 3.05) is 6.23 Å². The standard InChI is InChI=1S/C10H26N2OSi/c1-8(2)11-14(12-9(3)4)7-13-10(5)6/h8-12,14H,7H2,1-6H3. The second kappa shape index (κ2) is 7.40. The van der Waals surface area contributed by atoms with Gasteiger partial charge in [0.15, 0.2) is 0 Å². The highest BCUT2D eigenvalue weighted by molar-refractivity contribution is 6.53. The highest BCUT2D eigenvalue weighted by Crippen LogP contribution is 1.90. The Morgan fingerprint density at radius 1 is 0.929 bits per heavy atom. The lowest BCUT2D eigenvalue weighted by Gasteiger charge is -2.23. The van der Waals surface area contributed by atoms with Crippen LogP contribution >= 0.6 is 0 Å². The molecule has 0 aromatic carbocycles. The Bertz CT molecular complexity index is 130. The molecule has 0 atom stereocenters. The Balaban J connectivity index is 3.84. The minimum atomic E-state index is -1.13. The molecule has 86 valence electrons. The van der Waals surface area contributed by atoms with E-state index in [1.165, 1.54) is 0 Å². The van der Waals surface area contributed by atoms with Crippen LogP contribution in [0.25, 0.3) is 0 Å². The molecule has 2 N–H and O–H groups in total. The largest absolute Gasteiger partial charge is 0.379 e. The monoisotopic (exact) mass is 218 g/mol. The first-order valence-electron chi connectivity index (χ1n) is 5.55. The summed E-state index contributed by atoms with van der Waals surface area (Å²) in [5, 5.41) is 0. The maximum atomic E-state index is 5.64. The van der Waals surface area contributed by atoms with Gasteiger partial charge in [0.25, 0.3) is 0 Å². The summed E-state index contributed by atoms with van der Waals surface area (Å²) < 4.78 is 5.64. The predicted molar refractivity (Wildman–Crippen MR) is 64.8 cm³/mol. The molecule has 0 aliphatic heterocycles. The van der Waals surface area contributed by atoms with E-state index in [2.05, 4.69) is 51.5 Å². The summed E-state index contributed by atoms with van der Waals surface area (Å²) >= 11 is 0. The summed E-state index contributed by atoms with van der Waals surface area (Å²) in [5.41, 5.74) is 0. The van der Waals surface area contributed by atoms with Crippen LogP contribution in [0.15, 0.2) is 0 Å². The first-order chi connectivity index (χ1) is 6.41. The summed E-state index contributed by atoms with van der Waals surface area (Å²) in [5.74, 6) is 0. The lowest BCUT2D eigenvalue weighted by molar-refractivity contribution is 0.111. The molecular weight excluding hydrogens is 192 g/mol. The van der Waals surface area contributed by atoms with Gasteiger partial charge in [0.2, 0.25) is 9.12 Å². The zero-order valence-electron chi connectivity index (χ0n) is 10.4. The molecule has 3 nitrogen and oxygen atoms in total. The van der Waals surface area contributed by atoms with Gasteiger partial charge in [0.05, 0.1) is 12.3 Å². The average molecular weight is 218 g/mol. The van der Waals surface area contributed by atoms with Gasteiger partial charge >= 0.3 is 0 Å². The number of ether oxygens (including phenoxy) is 1. The molecule has 0 radical (unpaired) electrons. The van der Waals surface area contributed by atoms with Crippen molar-refractivity contribution in [2.45, 2.75) is 59.7 Å². The van der Waals surface area contributed by atoms with E-state index < -0.39 is 9.12 Å². The average Bonchev–Trinajstić information content (AvgIpc) is 1.97. The highest BCUT2D eigenvalue weighted by Gasteiger charge is 2.14. The fourth-order valence-electron chi connectivity index (χ4n) is 1.24. The Hall–Kier alpha value is 0.0969. The third-order valence-corrected chi connectivity index (χ3v) is 4.33. The second-order valence-corrected chi connectivity index (χ2v) is 6.68. The van der Waals surface area contributed by atoms with Crippen molar-refractivity contribution in [1.82, 2.24) is 9.96 Å². The van der Waals surface area contributed by atoms with Crippen molar-refractivity contribution in [2.24, 2.45) is 0 Å². The SMILES string of the molecule is CC(C)N[SiH](COC(C)C)NC(C)C. The van der Waals surface area contributed by atoms with Crippen LogP contribution in [0.2, 0.25) is 0 Å². The summed E-state index contributed by atoms with van der Waals surface area (Å²) in [6, 6.07) is 1.07. The third kappa shape index (κ3) is 8.68. The number of hydrogen-bond donors (Lipinski definition) is 2. The van der Waals surface area contributed by atoms with E-state index in [0.29, 0.717) is 18.2 Å². The molecule has 0 fully saturated rings. The first-order valence-corrected chi connectivity index (χ1v) is 7.52. The normalized spacial score (nSPS) is 12.4. The van der Waals surface area contributed by atoms with E-state index in [1.54, 1.807) is 0 Å². The zero-order chi connectivity index (χ0) is 11.1. The number of hydrogen-bond acceptors (Lipinski definition) is 3. The topological polar surface area (TPSA) is 33.3 Å². The third-order valence-electron chi connectivity index (χ3n) is 1.67. The molecule has 0 aliphatic carbocycles. The van der Waals surface area contributed by atoms with Gasteiger partial charge in [-0.15, -0.1) is 0 Å². The lowest BCUT2D eigenvalue weighted by atomic mass is 10.4. The van der Waals surface area contributed by atoms with Crippen molar-refractivity contribution in [1.29, 1.82) is 0 Å². The van der Waals surface area contributed by atoms with E-state index in [0.717, 1.165) is 6.23 Å². The van der Waals surface area contributed by atoms with Crippen LogP contribution in [0.1, 0.15) is 41.5 Å². The fourth-order valence-corrected chi connectivity index (χ4v) is 3.71. The van der Waals surface area contributed by atoms with Gasteiger partial charge in [-0.25, -0.2) is 0 Å². The Morgan fingerprint density at radius 3 is 1.64 bits per heavy atom. The molecule has 0 saturated carbocycles. The van der Waals surface area contributed by atoms with E-state index >= 15 is 0 Å². The van der Waals surface area contributed by atoms with Crippen LogP contribution in [0.5, 0.6) is 0 Å². The van der Waals surface area contributed by atoms with Gasteiger partial charge in [0, 0.05) is 0 Å². The Morgan fingerprint density at radius 2 is 1.36 bits per heavy atom. The number of nitrogens with one attached hydrogen (secondary N) is 2. The molecule has 0 rings (SSSR count). The van der Waals surface area contributed by atoms with Crippen LogP contribution in [0.3, 0.4) is 0 Å². The Kier molecular flexibility index (Phi) is 7.45. The second-order valence-electron chi connectivity index (χ2n) is 4.58. The van der Waals surface area contributed by atoms with E-state index in [9.17, 15) is 0 Å². The van der Waals surface area contributed by atoms with Gasteiger partial charge in [-0.2, -0.15) is 0 Å². The molecule has 0 aromatic rings. The first kappa shape index (κ1) is 14.1. The van der Waals surface area contributed by atoms with Crippen LogP contribution in [0, 0.1) is 0 Å². The molecule has 0 heterocycles. The molecule has 0 bridgehead atoms. The van der Waals surface area contributed by atoms with E-state index in [1.807, 2.05) is 0 Å². The summed E-state index contributed by atoms with van der Waals surface area (Å²) in [6.45, 7) is 12.9. The smallest absolute Gasteiger partial charge is 0.211 e. The maximum Gasteiger partial charge on any atom is 0.211 e. The maximum absolute atomic E-state index is 5.64. The van der Waals surface area contributed by atoms with Crippen molar-refractivity contribution in [3.05, 3.63) is 0 Å². The molecule has 0 spiro atoms. The van der Waals surface area contributed by atoms with Gasteiger partial charge in [0.1, 0.15) is 0 Å². The molecule has 0 unspecified atom stereocenters. The zero-order valence-corrected chi connectivity index (χ0v) is 11.6. The summed E-state index contributed by atoms with van der Waals surface area (Å²) in [4.78, 5) is 7.14. The van der Waals surface area contributed by atoms with Gasteiger partial charge in [-0.1, -0.05) is 27.7 Å². The molecule has 4 heteroatoms. The summed E-state index contributed by atoms with van der Waals surface area (Å²) in [6.07, 6.45) is 1.18. The van der Waals surface area contributed by atoms with Crippen LogP contribution in [-0.2, 0) is 4.74 Å². The molecule has 14 heavy (non-hydrogen) atoms. The Labute approximate surface area is 90.4 Å². The lowest BCUT2D eigenvalue weighted by Crippen LogP contribution is -2.56. The predicted octanol–water partition coefficient (Wildman–Crippen LogP) is 1.17. The van der Waals surface area contributed by atoms with Crippen molar-refractivity contribution >= 4 is 9.12 Å². The van der Waals surface area contributed by atoms with Gasteiger partial charge in [-0.3, -0.25) is 0 Å². The fraction of sp³-hybridized carbons (Fsp3) is 1.00. The van der Waals surface area contributed by atoms with Crippen LogP contribution in [0.4, 0.5) is 0 Å². The molecule has 0 aliphatic rings. The van der Waals surface area contributed by atoms with Crippen molar-refractivity contribution in [3.8, 4) is 0 Å². The highest BCUT2D eigenvalue weighted by atomic mass is 28.3. The van der Waals surface area contributed by atoms with E-state index in [4.69, 9.17) is 4.74 Å².